The average Bonchev–Trinajstić information content (AvgIpc) is 3.69. The first-order chi connectivity index (χ1) is 20.5. The van der Waals surface area contributed by atoms with Crippen LogP contribution in [-0.4, -0.2) is 50.6 Å². The van der Waals surface area contributed by atoms with Gasteiger partial charge < -0.3 is 19.7 Å². The lowest BCUT2D eigenvalue weighted by atomic mass is 9.58. The van der Waals surface area contributed by atoms with Crippen LogP contribution in [0.3, 0.4) is 0 Å². The largest absolute Gasteiger partial charge is 0.416 e. The van der Waals surface area contributed by atoms with Crippen LogP contribution < -0.4 is 10.2 Å². The van der Waals surface area contributed by atoms with Crippen molar-refractivity contribution in [3.05, 3.63) is 89.0 Å². The summed E-state index contributed by atoms with van der Waals surface area (Å²) in [5, 5.41) is 11.7. The number of amides is 2. The summed E-state index contributed by atoms with van der Waals surface area (Å²) in [5.74, 6) is 0.724. The molecule has 1 aromatic heterocycles. The number of aryl methyl sites for hydroxylation is 1. The number of hydrogen-bond donors (Lipinski definition) is 1. The number of alkyl halides is 3. The van der Waals surface area contributed by atoms with E-state index in [1.807, 2.05) is 29.8 Å². The van der Waals surface area contributed by atoms with E-state index in [0.717, 1.165) is 43.1 Å². The van der Waals surface area contributed by atoms with Crippen LogP contribution in [0.1, 0.15) is 71.0 Å². The molecule has 43 heavy (non-hydrogen) atoms. The molecule has 1 N–H and O–H groups in total. The summed E-state index contributed by atoms with van der Waals surface area (Å²) in [4.78, 5) is 29.0. The van der Waals surface area contributed by atoms with Crippen molar-refractivity contribution < 1.29 is 22.8 Å². The molecule has 226 valence electrons. The summed E-state index contributed by atoms with van der Waals surface area (Å²) in [6.07, 6.45) is 1.75. The SMILES string of the molecule is C=CC(=O)N1CCC[C@H]1CNCc1cc2c(c(C(F)(F)F)c1)CN(c1cccc(C3(c4nncn4C)CC(C)C3)c1)C2=O. The Labute approximate surface area is 248 Å². The molecule has 0 unspecified atom stereocenters. The van der Waals surface area contributed by atoms with E-state index in [0.29, 0.717) is 30.3 Å². The molecule has 3 aromatic rings. The van der Waals surface area contributed by atoms with Gasteiger partial charge in [-0.2, -0.15) is 13.2 Å². The van der Waals surface area contributed by atoms with Crippen molar-refractivity contribution in [2.75, 3.05) is 18.0 Å². The maximum absolute atomic E-state index is 14.3. The number of nitrogens with one attached hydrogen (secondary N) is 1. The van der Waals surface area contributed by atoms with Gasteiger partial charge in [-0.3, -0.25) is 9.59 Å². The maximum Gasteiger partial charge on any atom is 0.416 e. The van der Waals surface area contributed by atoms with E-state index >= 15 is 0 Å². The zero-order chi connectivity index (χ0) is 30.5. The first-order valence-corrected chi connectivity index (χ1v) is 14.7. The smallest absolute Gasteiger partial charge is 0.335 e. The van der Waals surface area contributed by atoms with E-state index in [1.165, 1.54) is 11.0 Å². The molecular weight excluding hydrogens is 557 g/mol. The number of carbonyl (C=O) groups excluding carboxylic acids is 2. The molecule has 2 aromatic carbocycles. The van der Waals surface area contributed by atoms with Gasteiger partial charge in [0, 0.05) is 44.0 Å². The van der Waals surface area contributed by atoms with E-state index in [2.05, 4.69) is 29.0 Å². The van der Waals surface area contributed by atoms with E-state index < -0.39 is 17.6 Å². The summed E-state index contributed by atoms with van der Waals surface area (Å²) < 4.78 is 44.8. The third kappa shape index (κ3) is 5.13. The zero-order valence-corrected chi connectivity index (χ0v) is 24.3. The predicted molar refractivity (Wildman–Crippen MR) is 155 cm³/mol. The first-order valence-electron chi connectivity index (χ1n) is 14.7. The second kappa shape index (κ2) is 10.9. The Kier molecular flexibility index (Phi) is 7.40. The van der Waals surface area contributed by atoms with Gasteiger partial charge >= 0.3 is 6.18 Å². The van der Waals surface area contributed by atoms with Crippen LogP contribution in [0.25, 0.3) is 0 Å². The number of anilines is 1. The molecule has 1 saturated carbocycles. The minimum absolute atomic E-state index is 0.00881. The second-order valence-corrected chi connectivity index (χ2v) is 12.1. The Hall–Kier alpha value is -3.99. The van der Waals surface area contributed by atoms with Gasteiger partial charge in [-0.05, 0) is 78.6 Å². The molecule has 3 heterocycles. The lowest BCUT2D eigenvalue weighted by Gasteiger charge is -2.46. The van der Waals surface area contributed by atoms with Crippen LogP contribution in [0.5, 0.6) is 0 Å². The Balaban J connectivity index is 1.26. The lowest BCUT2D eigenvalue weighted by molar-refractivity contribution is -0.138. The molecule has 0 bridgehead atoms. The summed E-state index contributed by atoms with van der Waals surface area (Å²) in [6, 6.07) is 10.2. The summed E-state index contributed by atoms with van der Waals surface area (Å²) in [6.45, 7) is 6.79. The molecule has 8 nitrogen and oxygen atoms in total. The van der Waals surface area contributed by atoms with Gasteiger partial charge in [-0.25, -0.2) is 0 Å². The van der Waals surface area contributed by atoms with Crippen molar-refractivity contribution in [1.29, 1.82) is 0 Å². The topological polar surface area (TPSA) is 83.4 Å². The van der Waals surface area contributed by atoms with E-state index in [-0.39, 0.29) is 41.6 Å². The molecule has 11 heteroatoms. The fraction of sp³-hybridized carbons (Fsp3) is 0.438. The van der Waals surface area contributed by atoms with Crippen LogP contribution in [0.2, 0.25) is 0 Å². The van der Waals surface area contributed by atoms with Gasteiger partial charge in [0.1, 0.15) is 12.2 Å². The number of likely N-dealkylation sites (tertiary alicyclic amines) is 1. The second-order valence-electron chi connectivity index (χ2n) is 12.1. The Morgan fingerprint density at radius 2 is 2.02 bits per heavy atom. The van der Waals surface area contributed by atoms with Crippen LogP contribution in [0, 0.1) is 5.92 Å². The van der Waals surface area contributed by atoms with E-state index in [9.17, 15) is 22.8 Å². The van der Waals surface area contributed by atoms with Crippen molar-refractivity contribution in [2.24, 2.45) is 13.0 Å². The predicted octanol–water partition coefficient (Wildman–Crippen LogP) is 4.98. The summed E-state index contributed by atoms with van der Waals surface area (Å²) >= 11 is 0. The fourth-order valence-electron chi connectivity index (χ4n) is 7.24. The van der Waals surface area contributed by atoms with Crippen molar-refractivity contribution in [3.63, 3.8) is 0 Å². The molecular formula is C32H35F3N6O2. The average molecular weight is 593 g/mol. The molecule has 2 fully saturated rings. The third-order valence-corrected chi connectivity index (χ3v) is 9.19. The monoisotopic (exact) mass is 592 g/mol. The maximum atomic E-state index is 14.3. The Morgan fingerprint density at radius 1 is 1.23 bits per heavy atom. The van der Waals surface area contributed by atoms with Gasteiger partial charge in [0.25, 0.3) is 5.91 Å². The van der Waals surface area contributed by atoms with Crippen LogP contribution in [-0.2, 0) is 36.5 Å². The highest BCUT2D eigenvalue weighted by Crippen LogP contribution is 2.52. The number of hydrogen-bond acceptors (Lipinski definition) is 5. The summed E-state index contributed by atoms with van der Waals surface area (Å²) in [7, 11) is 1.90. The number of aromatic nitrogens is 3. The zero-order valence-electron chi connectivity index (χ0n) is 24.3. The van der Waals surface area contributed by atoms with E-state index in [4.69, 9.17) is 0 Å². The minimum Gasteiger partial charge on any atom is -0.335 e. The number of fused-ring (bicyclic) bond motifs is 1. The van der Waals surface area contributed by atoms with Crippen molar-refractivity contribution >= 4 is 17.5 Å². The molecule has 0 radical (unpaired) electrons. The van der Waals surface area contributed by atoms with Gasteiger partial charge in [0.2, 0.25) is 5.91 Å². The highest BCUT2D eigenvalue weighted by molar-refractivity contribution is 6.10. The van der Waals surface area contributed by atoms with Crippen LogP contribution in [0.15, 0.2) is 55.4 Å². The van der Waals surface area contributed by atoms with Crippen molar-refractivity contribution in [1.82, 2.24) is 25.0 Å². The van der Waals surface area contributed by atoms with Gasteiger partial charge in [0.15, 0.2) is 0 Å². The lowest BCUT2D eigenvalue weighted by Crippen LogP contribution is -2.43. The molecule has 6 rings (SSSR count). The number of benzene rings is 2. The Morgan fingerprint density at radius 3 is 2.70 bits per heavy atom. The molecule has 2 amide bonds. The Bertz CT molecular complexity index is 1580. The molecule has 3 aliphatic rings. The third-order valence-electron chi connectivity index (χ3n) is 9.19. The number of halogens is 3. The number of carbonyl (C=O) groups is 2. The first kappa shape index (κ1) is 29.1. The van der Waals surface area contributed by atoms with Crippen molar-refractivity contribution in [2.45, 2.75) is 63.3 Å². The molecule has 1 saturated heterocycles. The molecule has 0 spiro atoms. The number of rotatable bonds is 8. The highest BCUT2D eigenvalue weighted by Gasteiger charge is 2.48. The minimum atomic E-state index is -4.62. The summed E-state index contributed by atoms with van der Waals surface area (Å²) in [5.41, 5.74) is 0.811. The van der Waals surface area contributed by atoms with Crippen molar-refractivity contribution in [3.8, 4) is 0 Å². The van der Waals surface area contributed by atoms with Gasteiger partial charge in [-0.15, -0.1) is 10.2 Å². The molecule has 1 atom stereocenters. The van der Waals surface area contributed by atoms with Gasteiger partial charge in [0.05, 0.1) is 17.5 Å². The highest BCUT2D eigenvalue weighted by atomic mass is 19.4. The molecule has 2 aliphatic heterocycles. The standard InChI is InChI=1S/C32H35F3N6O2/c1-4-28(42)40-10-6-9-24(40)17-36-16-21-11-25-26(27(12-21)32(33,34)35)18-41(29(25)43)23-8-5-7-22(13-23)31(14-20(2)15-31)30-38-37-19-39(30)3/h4-5,7-8,11-13,19-20,24,36H,1,6,9-10,14-18H2,2-3H3/t20?,24-,31?/m0/s1. The van der Waals surface area contributed by atoms with Crippen LogP contribution >= 0.6 is 0 Å². The van der Waals surface area contributed by atoms with E-state index in [1.54, 1.807) is 23.4 Å². The molecule has 1 aliphatic carbocycles. The quantitative estimate of drug-likeness (QED) is 0.374. The van der Waals surface area contributed by atoms with Gasteiger partial charge in [-0.1, -0.05) is 25.6 Å². The van der Waals surface area contributed by atoms with Crippen LogP contribution in [0.4, 0.5) is 18.9 Å². The normalized spacial score (nSPS) is 23.4. The number of nitrogens with zero attached hydrogens (tertiary/aromatic N) is 5. The fourth-order valence-corrected chi connectivity index (χ4v) is 7.24.